The summed E-state index contributed by atoms with van der Waals surface area (Å²) in [4.78, 5) is 19.6. The lowest BCUT2D eigenvalue weighted by Crippen LogP contribution is -2.52. The SMILES string of the molecule is CC(C)N1CCCC(c2ccc(-c3cc4c(N5CCN(C(=O)C6CC(O)C6)CC5)ccnn4c3)cc2)C1. The van der Waals surface area contributed by atoms with Crippen LogP contribution in [0.4, 0.5) is 5.69 Å². The minimum absolute atomic E-state index is 0.0148. The molecule has 3 aliphatic rings. The molecule has 37 heavy (non-hydrogen) atoms. The van der Waals surface area contributed by atoms with Gasteiger partial charge in [-0.3, -0.25) is 4.79 Å². The molecular weight excluding hydrogens is 462 g/mol. The number of anilines is 1. The monoisotopic (exact) mass is 501 g/mol. The topological polar surface area (TPSA) is 64.3 Å². The molecule has 0 spiro atoms. The maximum absolute atomic E-state index is 12.7. The number of likely N-dealkylation sites (tertiary alicyclic amines) is 1. The lowest BCUT2D eigenvalue weighted by atomic mass is 9.81. The number of fused-ring (bicyclic) bond motifs is 1. The summed E-state index contributed by atoms with van der Waals surface area (Å²) in [6.07, 6.45) is 7.48. The number of benzene rings is 1. The quantitative estimate of drug-likeness (QED) is 0.572. The fraction of sp³-hybridized carbons (Fsp3) is 0.533. The molecule has 1 saturated carbocycles. The largest absolute Gasteiger partial charge is 0.393 e. The Morgan fingerprint density at radius 3 is 2.46 bits per heavy atom. The van der Waals surface area contributed by atoms with Gasteiger partial charge >= 0.3 is 0 Å². The molecule has 1 aliphatic carbocycles. The van der Waals surface area contributed by atoms with E-state index >= 15 is 0 Å². The average Bonchev–Trinajstić information content (AvgIpc) is 3.36. The summed E-state index contributed by atoms with van der Waals surface area (Å²) in [5.41, 5.74) is 6.11. The standard InChI is InChI=1S/C30H39N5O2/c1-21(2)34-11-3-4-24(19-34)22-5-7-23(8-6-22)26-18-29-28(9-10-31-35(29)20-26)32-12-14-33(15-13-32)30(37)25-16-27(36)17-25/h5-10,18,20-21,24-25,27,36H,3-4,11-17,19H2,1-2H3. The number of amides is 1. The summed E-state index contributed by atoms with van der Waals surface area (Å²) in [6.45, 7) is 10.0. The van der Waals surface area contributed by atoms with E-state index in [4.69, 9.17) is 0 Å². The van der Waals surface area contributed by atoms with Crippen LogP contribution in [0.1, 0.15) is 51.0 Å². The zero-order chi connectivity index (χ0) is 25.5. The van der Waals surface area contributed by atoms with Crippen molar-refractivity contribution >= 4 is 17.1 Å². The first-order valence-corrected chi connectivity index (χ1v) is 14.0. The third-order valence-electron chi connectivity index (χ3n) is 8.78. The lowest BCUT2D eigenvalue weighted by Gasteiger charge is -2.40. The molecule has 2 saturated heterocycles. The van der Waals surface area contributed by atoms with Crippen molar-refractivity contribution in [1.29, 1.82) is 0 Å². The van der Waals surface area contributed by atoms with Crippen LogP contribution in [0, 0.1) is 5.92 Å². The summed E-state index contributed by atoms with van der Waals surface area (Å²) < 4.78 is 1.98. The van der Waals surface area contributed by atoms with Crippen LogP contribution in [-0.2, 0) is 4.79 Å². The Bertz CT molecular complexity index is 1240. The molecule has 0 bridgehead atoms. The lowest BCUT2D eigenvalue weighted by molar-refractivity contribution is -0.142. The van der Waals surface area contributed by atoms with Gasteiger partial charge < -0.3 is 19.8 Å². The fourth-order valence-corrected chi connectivity index (χ4v) is 6.34. The van der Waals surface area contributed by atoms with Crippen LogP contribution in [0.2, 0.25) is 0 Å². The molecule has 6 rings (SSSR count). The number of aliphatic hydroxyl groups is 1. The summed E-state index contributed by atoms with van der Waals surface area (Å²) in [5.74, 6) is 0.843. The third-order valence-corrected chi connectivity index (χ3v) is 8.78. The normalized spacial score (nSPS) is 25.0. The highest BCUT2D eigenvalue weighted by atomic mass is 16.3. The van der Waals surface area contributed by atoms with Crippen molar-refractivity contribution in [3.63, 3.8) is 0 Å². The number of aromatic nitrogens is 2. The van der Waals surface area contributed by atoms with Crippen molar-refractivity contribution in [2.45, 2.75) is 57.6 Å². The van der Waals surface area contributed by atoms with Gasteiger partial charge in [0.25, 0.3) is 0 Å². The van der Waals surface area contributed by atoms with Crippen molar-refractivity contribution in [3.8, 4) is 11.1 Å². The van der Waals surface area contributed by atoms with Crippen molar-refractivity contribution in [1.82, 2.24) is 19.4 Å². The molecule has 7 heteroatoms. The van der Waals surface area contributed by atoms with Crippen LogP contribution in [0.25, 0.3) is 16.6 Å². The highest BCUT2D eigenvalue weighted by Crippen LogP contribution is 2.33. The first-order chi connectivity index (χ1) is 18.0. The molecule has 7 nitrogen and oxygen atoms in total. The Labute approximate surface area is 219 Å². The summed E-state index contributed by atoms with van der Waals surface area (Å²) in [5, 5.41) is 14.1. The summed E-state index contributed by atoms with van der Waals surface area (Å²) in [6, 6.07) is 14.1. The zero-order valence-electron chi connectivity index (χ0n) is 22.1. The number of rotatable bonds is 5. The van der Waals surface area contributed by atoms with E-state index in [1.54, 1.807) is 0 Å². The predicted octanol–water partition coefficient (Wildman–Crippen LogP) is 4.01. The van der Waals surface area contributed by atoms with Gasteiger partial charge in [0, 0.05) is 62.6 Å². The van der Waals surface area contributed by atoms with Crippen molar-refractivity contribution in [3.05, 3.63) is 54.4 Å². The molecule has 1 amide bonds. The molecule has 1 unspecified atom stereocenters. The van der Waals surface area contributed by atoms with E-state index in [1.165, 1.54) is 41.8 Å². The minimum Gasteiger partial charge on any atom is -0.393 e. The molecular formula is C30H39N5O2. The van der Waals surface area contributed by atoms with Gasteiger partial charge in [-0.2, -0.15) is 5.10 Å². The van der Waals surface area contributed by atoms with Crippen LogP contribution in [0.5, 0.6) is 0 Å². The molecule has 2 aromatic heterocycles. The van der Waals surface area contributed by atoms with Gasteiger partial charge in [-0.15, -0.1) is 0 Å². The van der Waals surface area contributed by atoms with E-state index in [1.807, 2.05) is 15.6 Å². The van der Waals surface area contributed by atoms with Gasteiger partial charge in [0.1, 0.15) is 0 Å². The van der Waals surface area contributed by atoms with Gasteiger partial charge in [-0.05, 0) is 75.3 Å². The maximum atomic E-state index is 12.7. The molecule has 1 aromatic carbocycles. The number of piperidine rings is 1. The number of piperazine rings is 1. The van der Waals surface area contributed by atoms with Crippen LogP contribution < -0.4 is 4.90 Å². The highest BCUT2D eigenvalue weighted by Gasteiger charge is 2.36. The second-order valence-corrected chi connectivity index (χ2v) is 11.5. The predicted molar refractivity (Wildman–Crippen MR) is 147 cm³/mol. The first-order valence-electron chi connectivity index (χ1n) is 14.0. The number of aliphatic hydroxyl groups excluding tert-OH is 1. The smallest absolute Gasteiger partial charge is 0.226 e. The Morgan fingerprint density at radius 2 is 1.76 bits per heavy atom. The third kappa shape index (κ3) is 4.87. The molecule has 3 aromatic rings. The van der Waals surface area contributed by atoms with Gasteiger partial charge in [0.15, 0.2) is 0 Å². The zero-order valence-corrected chi connectivity index (χ0v) is 22.1. The van der Waals surface area contributed by atoms with Gasteiger partial charge in [0.2, 0.25) is 5.91 Å². The van der Waals surface area contributed by atoms with Crippen molar-refractivity contribution < 1.29 is 9.90 Å². The number of carbonyl (C=O) groups excluding carboxylic acids is 1. The Hall–Kier alpha value is -2.90. The first kappa shape index (κ1) is 24.4. The number of carbonyl (C=O) groups is 1. The van der Waals surface area contributed by atoms with E-state index in [9.17, 15) is 9.90 Å². The summed E-state index contributed by atoms with van der Waals surface area (Å²) >= 11 is 0. The van der Waals surface area contributed by atoms with Crippen LogP contribution in [-0.4, -0.2) is 81.8 Å². The van der Waals surface area contributed by atoms with E-state index in [2.05, 4.69) is 71.3 Å². The average molecular weight is 502 g/mol. The second kappa shape index (κ2) is 10.1. The van der Waals surface area contributed by atoms with Crippen molar-refractivity contribution in [2.75, 3.05) is 44.2 Å². The number of hydrogen-bond acceptors (Lipinski definition) is 5. The number of hydrogen-bond donors (Lipinski definition) is 1. The molecule has 1 atom stereocenters. The van der Waals surface area contributed by atoms with E-state index < -0.39 is 0 Å². The minimum atomic E-state index is -0.289. The maximum Gasteiger partial charge on any atom is 0.226 e. The molecule has 0 radical (unpaired) electrons. The molecule has 4 heterocycles. The van der Waals surface area contributed by atoms with Crippen LogP contribution in [0.15, 0.2) is 48.8 Å². The second-order valence-electron chi connectivity index (χ2n) is 11.5. The van der Waals surface area contributed by atoms with Gasteiger partial charge in [0.05, 0.1) is 17.3 Å². The van der Waals surface area contributed by atoms with E-state index in [0.717, 1.165) is 38.2 Å². The molecule has 2 aliphatic heterocycles. The highest BCUT2D eigenvalue weighted by molar-refractivity contribution is 5.82. The van der Waals surface area contributed by atoms with Gasteiger partial charge in [-0.1, -0.05) is 24.3 Å². The summed E-state index contributed by atoms with van der Waals surface area (Å²) in [7, 11) is 0. The van der Waals surface area contributed by atoms with E-state index in [-0.39, 0.29) is 17.9 Å². The molecule has 196 valence electrons. The molecule has 3 fully saturated rings. The Balaban J connectivity index is 1.15. The van der Waals surface area contributed by atoms with Crippen molar-refractivity contribution in [2.24, 2.45) is 5.92 Å². The Morgan fingerprint density at radius 1 is 1.00 bits per heavy atom. The van der Waals surface area contributed by atoms with Crippen LogP contribution in [0.3, 0.4) is 0 Å². The van der Waals surface area contributed by atoms with Gasteiger partial charge in [-0.25, -0.2) is 4.52 Å². The fourth-order valence-electron chi connectivity index (χ4n) is 6.34. The Kier molecular flexibility index (Phi) is 6.67. The number of nitrogens with zero attached hydrogens (tertiary/aromatic N) is 5. The van der Waals surface area contributed by atoms with Crippen LogP contribution >= 0.6 is 0 Å². The van der Waals surface area contributed by atoms with E-state index in [0.29, 0.717) is 24.8 Å². The molecule has 1 N–H and O–H groups in total.